The molecule has 4 rings (SSSR count). The summed E-state index contributed by atoms with van der Waals surface area (Å²) in [5.41, 5.74) is 1.10. The van der Waals surface area contributed by atoms with Crippen molar-refractivity contribution in [3.05, 3.63) is 34.9 Å². The minimum Gasteiger partial charge on any atom is -0.380 e. The zero-order valence-corrected chi connectivity index (χ0v) is 18.9. The number of hydrogen-bond acceptors (Lipinski definition) is 3. The molecule has 174 valence electrons. The van der Waals surface area contributed by atoms with E-state index in [1.54, 1.807) is 11.0 Å². The molecular weight excluding hydrogens is 405 g/mol. The van der Waals surface area contributed by atoms with Crippen molar-refractivity contribution in [2.24, 2.45) is 11.3 Å². The SMILES string of the molecule is CC1(CNC2CCC(C(=O)N3CCc4ccc(C(F)(F)F)cc4C3)C2)COC1.CCC. The van der Waals surface area contributed by atoms with Gasteiger partial charge >= 0.3 is 6.18 Å². The minimum atomic E-state index is -4.35. The summed E-state index contributed by atoms with van der Waals surface area (Å²) in [7, 11) is 0. The van der Waals surface area contributed by atoms with Crippen molar-refractivity contribution >= 4 is 5.91 Å². The smallest absolute Gasteiger partial charge is 0.380 e. The molecule has 4 nitrogen and oxygen atoms in total. The molecule has 2 aliphatic heterocycles. The van der Waals surface area contributed by atoms with Gasteiger partial charge in [0.15, 0.2) is 0 Å². The van der Waals surface area contributed by atoms with Gasteiger partial charge in [0, 0.05) is 37.0 Å². The van der Waals surface area contributed by atoms with E-state index in [0.717, 1.165) is 50.7 Å². The van der Waals surface area contributed by atoms with E-state index in [2.05, 4.69) is 26.1 Å². The van der Waals surface area contributed by atoms with Crippen LogP contribution in [0.15, 0.2) is 18.2 Å². The third kappa shape index (κ3) is 6.01. The molecule has 1 N–H and O–H groups in total. The second-order valence-electron chi connectivity index (χ2n) is 9.59. The van der Waals surface area contributed by atoms with Crippen molar-refractivity contribution in [1.29, 1.82) is 0 Å². The van der Waals surface area contributed by atoms with Crippen molar-refractivity contribution in [2.75, 3.05) is 26.3 Å². The lowest BCUT2D eigenvalue weighted by Gasteiger charge is -2.39. The maximum atomic E-state index is 13.0. The fourth-order valence-electron chi connectivity index (χ4n) is 4.51. The van der Waals surface area contributed by atoms with Gasteiger partial charge in [0.05, 0.1) is 18.8 Å². The first kappa shape index (κ1) is 24.1. The predicted molar refractivity (Wildman–Crippen MR) is 115 cm³/mol. The monoisotopic (exact) mass is 440 g/mol. The first-order chi connectivity index (χ1) is 14.6. The summed E-state index contributed by atoms with van der Waals surface area (Å²) in [5.74, 6) is 0.0563. The Bertz CT molecular complexity index is 762. The summed E-state index contributed by atoms with van der Waals surface area (Å²) in [4.78, 5) is 14.7. The van der Waals surface area contributed by atoms with E-state index in [9.17, 15) is 18.0 Å². The molecule has 0 radical (unpaired) electrons. The van der Waals surface area contributed by atoms with Crippen LogP contribution in [0.3, 0.4) is 0 Å². The molecule has 2 atom stereocenters. The maximum Gasteiger partial charge on any atom is 0.416 e. The summed E-state index contributed by atoms with van der Waals surface area (Å²) in [6.45, 7) is 9.77. The summed E-state index contributed by atoms with van der Waals surface area (Å²) in [6, 6.07) is 4.23. The highest BCUT2D eigenvalue weighted by molar-refractivity contribution is 5.79. The van der Waals surface area contributed by atoms with Crippen molar-refractivity contribution in [1.82, 2.24) is 10.2 Å². The van der Waals surface area contributed by atoms with Gasteiger partial charge in [0.25, 0.3) is 0 Å². The van der Waals surface area contributed by atoms with Crippen LogP contribution in [0.25, 0.3) is 0 Å². The minimum absolute atomic E-state index is 0.0321. The lowest BCUT2D eigenvalue weighted by Crippen LogP contribution is -2.49. The third-order valence-corrected chi connectivity index (χ3v) is 6.36. The topological polar surface area (TPSA) is 41.6 Å². The number of ether oxygens (including phenoxy) is 1. The van der Waals surface area contributed by atoms with Gasteiger partial charge in [0.1, 0.15) is 0 Å². The van der Waals surface area contributed by atoms with Crippen molar-refractivity contribution in [3.63, 3.8) is 0 Å². The number of nitrogens with zero attached hydrogens (tertiary/aromatic N) is 1. The standard InChI is InChI=1S/C21H27F3N2O2.C3H8/c1-20(12-28-13-20)11-25-18-5-3-15(9-18)19(27)26-7-6-14-2-4-17(21(22,23)24)8-16(14)10-26;1-3-2/h2,4,8,15,18,25H,3,5-7,9-13H2,1H3;3H2,1-2H3. The number of carbonyl (C=O) groups is 1. The molecule has 7 heteroatoms. The van der Waals surface area contributed by atoms with E-state index in [0.29, 0.717) is 24.6 Å². The molecule has 0 bridgehead atoms. The Hall–Kier alpha value is -1.60. The number of carbonyl (C=O) groups excluding carboxylic acids is 1. The summed E-state index contributed by atoms with van der Waals surface area (Å²) < 4.78 is 44.3. The van der Waals surface area contributed by atoms with Crippen molar-refractivity contribution in [2.45, 2.75) is 71.6 Å². The Morgan fingerprint density at radius 3 is 2.55 bits per heavy atom. The van der Waals surface area contributed by atoms with Gasteiger partial charge in [-0.3, -0.25) is 4.79 Å². The van der Waals surface area contributed by atoms with E-state index < -0.39 is 11.7 Å². The Morgan fingerprint density at radius 1 is 1.23 bits per heavy atom. The van der Waals surface area contributed by atoms with Crippen molar-refractivity contribution in [3.8, 4) is 0 Å². The van der Waals surface area contributed by atoms with Crippen molar-refractivity contribution < 1.29 is 22.7 Å². The largest absolute Gasteiger partial charge is 0.416 e. The van der Waals surface area contributed by atoms with Crippen LogP contribution in [0.1, 0.15) is 63.1 Å². The normalized spacial score (nSPS) is 24.6. The highest BCUT2D eigenvalue weighted by Gasteiger charge is 2.37. The van der Waals surface area contributed by atoms with Crippen LogP contribution in [0.4, 0.5) is 13.2 Å². The Kier molecular flexibility index (Phi) is 7.68. The number of nitrogens with one attached hydrogen (secondary N) is 1. The lowest BCUT2D eigenvalue weighted by molar-refractivity contribution is -0.137. The fourth-order valence-corrected chi connectivity index (χ4v) is 4.51. The van der Waals surface area contributed by atoms with Crippen LogP contribution in [0.5, 0.6) is 0 Å². The van der Waals surface area contributed by atoms with Crippen LogP contribution in [0.2, 0.25) is 0 Å². The van der Waals surface area contributed by atoms with Crippen LogP contribution in [0, 0.1) is 11.3 Å². The quantitative estimate of drug-likeness (QED) is 0.731. The van der Waals surface area contributed by atoms with Crippen LogP contribution >= 0.6 is 0 Å². The molecule has 2 fully saturated rings. The molecule has 1 saturated heterocycles. The highest BCUT2D eigenvalue weighted by atomic mass is 19.4. The Morgan fingerprint density at radius 2 is 1.94 bits per heavy atom. The third-order valence-electron chi connectivity index (χ3n) is 6.36. The highest BCUT2D eigenvalue weighted by Crippen LogP contribution is 2.34. The second kappa shape index (κ2) is 9.90. The number of halogens is 3. The molecule has 2 heterocycles. The van der Waals surface area contributed by atoms with E-state index >= 15 is 0 Å². The summed E-state index contributed by atoms with van der Waals surface area (Å²) in [5, 5.41) is 3.58. The number of hydrogen-bond donors (Lipinski definition) is 1. The Labute approximate surface area is 183 Å². The van der Waals surface area contributed by atoms with Gasteiger partial charge in [-0.05, 0) is 48.9 Å². The van der Waals surface area contributed by atoms with E-state index in [1.807, 2.05) is 0 Å². The van der Waals surface area contributed by atoms with Gasteiger partial charge in [-0.1, -0.05) is 33.3 Å². The number of fused-ring (bicyclic) bond motifs is 1. The van der Waals surface area contributed by atoms with Gasteiger partial charge in [-0.2, -0.15) is 13.2 Å². The van der Waals surface area contributed by atoms with Gasteiger partial charge in [0.2, 0.25) is 5.91 Å². The average Bonchev–Trinajstić information content (AvgIpc) is 3.18. The number of rotatable bonds is 4. The molecule has 1 aliphatic carbocycles. The van der Waals surface area contributed by atoms with Gasteiger partial charge < -0.3 is 15.0 Å². The molecule has 0 spiro atoms. The zero-order chi connectivity index (χ0) is 22.6. The molecule has 0 aromatic heterocycles. The Balaban J connectivity index is 0.000000858. The van der Waals surface area contributed by atoms with Crippen LogP contribution in [-0.4, -0.2) is 43.2 Å². The van der Waals surface area contributed by atoms with E-state index in [1.165, 1.54) is 12.5 Å². The first-order valence-electron chi connectivity index (χ1n) is 11.4. The molecule has 31 heavy (non-hydrogen) atoms. The summed E-state index contributed by atoms with van der Waals surface area (Å²) in [6.07, 6.45) is 0.132. The fraction of sp³-hybridized carbons (Fsp3) is 0.708. The second-order valence-corrected chi connectivity index (χ2v) is 9.59. The summed E-state index contributed by atoms with van der Waals surface area (Å²) >= 11 is 0. The van der Waals surface area contributed by atoms with E-state index in [4.69, 9.17) is 4.74 Å². The average molecular weight is 441 g/mol. The van der Waals surface area contributed by atoms with Crippen LogP contribution in [-0.2, 0) is 28.7 Å². The number of amides is 1. The first-order valence-corrected chi connectivity index (χ1v) is 11.4. The molecule has 1 aromatic rings. The maximum absolute atomic E-state index is 13.0. The zero-order valence-electron chi connectivity index (χ0n) is 18.9. The predicted octanol–water partition coefficient (Wildman–Crippen LogP) is 4.80. The molecular formula is C24H35F3N2O2. The number of benzene rings is 1. The molecule has 1 aromatic carbocycles. The lowest BCUT2D eigenvalue weighted by atomic mass is 9.88. The number of alkyl halides is 3. The molecule has 1 saturated carbocycles. The molecule has 3 aliphatic rings. The van der Waals surface area contributed by atoms with Gasteiger partial charge in [-0.15, -0.1) is 0 Å². The van der Waals surface area contributed by atoms with Crippen LogP contribution < -0.4 is 5.32 Å². The van der Waals surface area contributed by atoms with Gasteiger partial charge in [-0.25, -0.2) is 0 Å². The van der Waals surface area contributed by atoms with E-state index in [-0.39, 0.29) is 23.8 Å². The molecule has 1 amide bonds. The molecule has 2 unspecified atom stereocenters.